The maximum Gasteiger partial charge on any atom is 0.337 e. The van der Waals surface area contributed by atoms with Crippen LogP contribution in [0, 0.1) is 0 Å². The molecule has 1 N–H and O–H groups in total. The van der Waals surface area contributed by atoms with Gasteiger partial charge in [0.1, 0.15) is 10.8 Å². The SMILES string of the molecule is CC1(C)OC(=O)C(Cc2ccc(Cl)nc2)=C1NCC(F)F. The number of nitrogens with zero attached hydrogens (tertiary/aromatic N) is 1. The summed E-state index contributed by atoms with van der Waals surface area (Å²) in [5, 5.41) is 2.97. The van der Waals surface area contributed by atoms with Gasteiger partial charge in [0.15, 0.2) is 0 Å². The molecule has 7 heteroatoms. The number of aromatic nitrogens is 1. The molecule has 0 fully saturated rings. The molecule has 0 amide bonds. The Morgan fingerprint density at radius 1 is 1.43 bits per heavy atom. The fourth-order valence-electron chi connectivity index (χ4n) is 2.18. The molecule has 0 saturated carbocycles. The number of ether oxygens (including phenoxy) is 1. The molecule has 2 rings (SSSR count). The minimum Gasteiger partial charge on any atom is -0.450 e. The fraction of sp³-hybridized carbons (Fsp3) is 0.429. The minimum absolute atomic E-state index is 0.248. The number of alkyl halides is 2. The topological polar surface area (TPSA) is 51.2 Å². The highest BCUT2D eigenvalue weighted by Crippen LogP contribution is 2.32. The Hall–Kier alpha value is -1.69. The summed E-state index contributed by atoms with van der Waals surface area (Å²) in [4.78, 5) is 15.9. The lowest BCUT2D eigenvalue weighted by Crippen LogP contribution is -2.34. The van der Waals surface area contributed by atoms with Crippen LogP contribution in [0.15, 0.2) is 29.6 Å². The molecule has 114 valence electrons. The van der Waals surface area contributed by atoms with E-state index in [2.05, 4.69) is 10.3 Å². The van der Waals surface area contributed by atoms with Crippen molar-refractivity contribution in [2.45, 2.75) is 32.3 Å². The van der Waals surface area contributed by atoms with Crippen LogP contribution < -0.4 is 5.32 Å². The maximum absolute atomic E-state index is 12.4. The van der Waals surface area contributed by atoms with E-state index in [9.17, 15) is 13.6 Å². The number of halogens is 3. The summed E-state index contributed by atoms with van der Waals surface area (Å²) < 4.78 is 30.0. The van der Waals surface area contributed by atoms with E-state index in [0.717, 1.165) is 5.56 Å². The zero-order valence-corrected chi connectivity index (χ0v) is 12.4. The van der Waals surface area contributed by atoms with Crippen molar-refractivity contribution in [2.75, 3.05) is 6.54 Å². The first-order valence-corrected chi connectivity index (χ1v) is 6.77. The van der Waals surface area contributed by atoms with E-state index in [-0.39, 0.29) is 6.42 Å². The Kier molecular flexibility index (Phi) is 4.46. The lowest BCUT2D eigenvalue weighted by Gasteiger charge is -2.22. The summed E-state index contributed by atoms with van der Waals surface area (Å²) in [5.74, 6) is -0.508. The van der Waals surface area contributed by atoms with Crippen molar-refractivity contribution in [3.63, 3.8) is 0 Å². The molecule has 0 atom stereocenters. The molecule has 4 nitrogen and oxygen atoms in total. The Bertz CT molecular complexity index is 571. The predicted octanol–water partition coefficient (Wildman–Crippen LogP) is 2.72. The molecule has 0 radical (unpaired) electrons. The van der Waals surface area contributed by atoms with E-state index < -0.39 is 24.5 Å². The van der Waals surface area contributed by atoms with Crippen molar-refractivity contribution in [3.8, 4) is 0 Å². The standard InChI is InChI=1S/C14H15ClF2N2O2/c1-14(2)12(19-7-11(16)17)9(13(20)21-14)5-8-3-4-10(15)18-6-8/h3-4,6,11,19H,5,7H2,1-2H3. The number of cyclic esters (lactones) is 1. The molecule has 1 aromatic heterocycles. The van der Waals surface area contributed by atoms with Gasteiger partial charge >= 0.3 is 5.97 Å². The van der Waals surface area contributed by atoms with Gasteiger partial charge in [-0.15, -0.1) is 0 Å². The Labute approximate surface area is 126 Å². The number of carbonyl (C=O) groups excluding carboxylic acids is 1. The van der Waals surface area contributed by atoms with Crippen LogP contribution in [0.2, 0.25) is 5.15 Å². The van der Waals surface area contributed by atoms with Gasteiger partial charge in [0.05, 0.1) is 17.8 Å². The number of hydrogen-bond donors (Lipinski definition) is 1. The van der Waals surface area contributed by atoms with E-state index in [1.54, 1.807) is 32.2 Å². The predicted molar refractivity (Wildman–Crippen MR) is 74.2 cm³/mol. The van der Waals surface area contributed by atoms with E-state index >= 15 is 0 Å². The molecule has 0 bridgehead atoms. The normalized spacial score (nSPS) is 17.3. The third-order valence-corrected chi connectivity index (χ3v) is 3.32. The van der Waals surface area contributed by atoms with Crippen molar-refractivity contribution in [1.82, 2.24) is 10.3 Å². The van der Waals surface area contributed by atoms with Crippen molar-refractivity contribution in [1.29, 1.82) is 0 Å². The number of carbonyl (C=O) groups is 1. The van der Waals surface area contributed by atoms with Gasteiger partial charge in [-0.2, -0.15) is 0 Å². The molecule has 2 heterocycles. The lowest BCUT2D eigenvalue weighted by molar-refractivity contribution is -0.144. The third kappa shape index (κ3) is 3.69. The van der Waals surface area contributed by atoms with E-state index in [0.29, 0.717) is 16.4 Å². The molecule has 0 spiro atoms. The van der Waals surface area contributed by atoms with Crippen LogP contribution in [0.5, 0.6) is 0 Å². The molecular formula is C14H15ClF2N2O2. The van der Waals surface area contributed by atoms with Gasteiger partial charge < -0.3 is 10.1 Å². The highest BCUT2D eigenvalue weighted by Gasteiger charge is 2.40. The van der Waals surface area contributed by atoms with Gasteiger partial charge in [0.25, 0.3) is 6.43 Å². The van der Waals surface area contributed by atoms with E-state index in [1.807, 2.05) is 0 Å². The van der Waals surface area contributed by atoms with Crippen LogP contribution in [0.1, 0.15) is 19.4 Å². The smallest absolute Gasteiger partial charge is 0.337 e. The maximum atomic E-state index is 12.4. The molecular weight excluding hydrogens is 302 g/mol. The van der Waals surface area contributed by atoms with Gasteiger partial charge in [-0.25, -0.2) is 18.6 Å². The third-order valence-electron chi connectivity index (χ3n) is 3.10. The molecule has 21 heavy (non-hydrogen) atoms. The molecule has 0 saturated heterocycles. The summed E-state index contributed by atoms with van der Waals surface area (Å²) in [6.45, 7) is 2.79. The second-order valence-corrected chi connectivity index (χ2v) is 5.58. The second kappa shape index (κ2) is 5.97. The molecule has 1 aliphatic heterocycles. The van der Waals surface area contributed by atoms with Crippen LogP contribution in [-0.2, 0) is 16.0 Å². The van der Waals surface area contributed by atoms with Crippen LogP contribution in [0.4, 0.5) is 8.78 Å². The van der Waals surface area contributed by atoms with Crippen molar-refractivity contribution in [2.24, 2.45) is 0 Å². The summed E-state index contributed by atoms with van der Waals surface area (Å²) in [7, 11) is 0. The fourth-order valence-corrected chi connectivity index (χ4v) is 2.30. The first-order chi connectivity index (χ1) is 9.79. The monoisotopic (exact) mass is 316 g/mol. The van der Waals surface area contributed by atoms with Crippen LogP contribution in [-0.4, -0.2) is 29.5 Å². The molecule has 0 unspecified atom stereocenters. The van der Waals surface area contributed by atoms with Crippen LogP contribution in [0.3, 0.4) is 0 Å². The number of hydrogen-bond acceptors (Lipinski definition) is 4. The van der Waals surface area contributed by atoms with Crippen molar-refractivity contribution in [3.05, 3.63) is 40.3 Å². The highest BCUT2D eigenvalue weighted by molar-refractivity contribution is 6.29. The molecule has 0 aliphatic carbocycles. The van der Waals surface area contributed by atoms with Crippen LogP contribution >= 0.6 is 11.6 Å². The van der Waals surface area contributed by atoms with Gasteiger partial charge in [-0.1, -0.05) is 17.7 Å². The summed E-state index contributed by atoms with van der Waals surface area (Å²) in [6.07, 6.45) is -0.723. The molecule has 1 aromatic rings. The highest BCUT2D eigenvalue weighted by atomic mass is 35.5. The quantitative estimate of drug-likeness (QED) is 0.670. The minimum atomic E-state index is -2.51. The van der Waals surface area contributed by atoms with E-state index in [4.69, 9.17) is 16.3 Å². The molecule has 0 aromatic carbocycles. The first kappa shape index (κ1) is 15.7. The summed E-state index contributed by atoms with van der Waals surface area (Å²) in [6, 6.07) is 3.33. The average Bonchev–Trinajstić information content (AvgIpc) is 2.59. The first-order valence-electron chi connectivity index (χ1n) is 6.39. The summed E-state index contributed by atoms with van der Waals surface area (Å²) in [5.41, 5.74) is 0.536. The zero-order chi connectivity index (χ0) is 15.6. The number of esters is 1. The molecule has 1 aliphatic rings. The van der Waals surface area contributed by atoms with E-state index in [1.165, 1.54) is 0 Å². The number of pyridine rings is 1. The Morgan fingerprint density at radius 3 is 2.71 bits per heavy atom. The summed E-state index contributed by atoms with van der Waals surface area (Å²) >= 11 is 5.71. The van der Waals surface area contributed by atoms with Gasteiger partial charge in [0, 0.05) is 12.6 Å². The van der Waals surface area contributed by atoms with Gasteiger partial charge in [0.2, 0.25) is 0 Å². The largest absolute Gasteiger partial charge is 0.450 e. The van der Waals surface area contributed by atoms with Crippen molar-refractivity contribution < 1.29 is 18.3 Å². The van der Waals surface area contributed by atoms with Crippen molar-refractivity contribution >= 4 is 17.6 Å². The number of nitrogens with one attached hydrogen (secondary N) is 1. The van der Waals surface area contributed by atoms with Gasteiger partial charge in [-0.3, -0.25) is 0 Å². The lowest BCUT2D eigenvalue weighted by atomic mass is 9.99. The van der Waals surface area contributed by atoms with Crippen LogP contribution in [0.25, 0.3) is 0 Å². The second-order valence-electron chi connectivity index (χ2n) is 5.19. The Morgan fingerprint density at radius 2 is 2.14 bits per heavy atom. The van der Waals surface area contributed by atoms with Gasteiger partial charge in [-0.05, 0) is 25.5 Å². The average molecular weight is 317 g/mol. The zero-order valence-electron chi connectivity index (χ0n) is 11.6. The number of rotatable bonds is 5. The Balaban J connectivity index is 2.27.